The van der Waals surface area contributed by atoms with E-state index in [1.54, 1.807) is 6.20 Å². The van der Waals surface area contributed by atoms with Gasteiger partial charge in [0.2, 0.25) is 0 Å². The Hall–Kier alpha value is -2.66. The first-order chi connectivity index (χ1) is 12.3. The third-order valence-corrected chi connectivity index (χ3v) is 4.79. The predicted octanol–water partition coefficient (Wildman–Crippen LogP) is 4.85. The Kier molecular flexibility index (Phi) is 4.48. The molecule has 0 saturated heterocycles. The molecular weight excluding hydrogens is 376 g/mol. The Labute approximate surface area is 154 Å². The molecule has 0 aliphatic rings. The van der Waals surface area contributed by atoms with Crippen LogP contribution in [0.15, 0.2) is 77.9 Å². The van der Waals surface area contributed by atoms with Gasteiger partial charge in [0.05, 0.1) is 11.8 Å². The molecule has 4 aromatic rings. The van der Waals surface area contributed by atoms with Crippen molar-refractivity contribution >= 4 is 32.5 Å². The lowest BCUT2D eigenvalue weighted by Crippen LogP contribution is -2.01. The lowest BCUT2D eigenvalue weighted by molar-refractivity contribution is 0.797. The zero-order valence-corrected chi connectivity index (χ0v) is 15.1. The number of rotatable bonds is 5. The molecule has 0 radical (unpaired) electrons. The fourth-order valence-electron chi connectivity index (χ4n) is 2.85. The van der Waals surface area contributed by atoms with Crippen LogP contribution < -0.4 is 5.32 Å². The summed E-state index contributed by atoms with van der Waals surface area (Å²) in [5.74, 6) is 0. The number of imidazole rings is 1. The Morgan fingerprint density at radius 1 is 0.960 bits per heavy atom. The van der Waals surface area contributed by atoms with Crippen LogP contribution in [0, 0.1) is 0 Å². The number of nitrogens with zero attached hydrogens (tertiary/aromatic N) is 3. The lowest BCUT2D eigenvalue weighted by atomic mass is 10.1. The van der Waals surface area contributed by atoms with Gasteiger partial charge < -0.3 is 9.88 Å². The van der Waals surface area contributed by atoms with Crippen molar-refractivity contribution in [3.05, 3.63) is 89.0 Å². The number of para-hydroxylation sites is 1. The predicted molar refractivity (Wildman–Crippen MR) is 105 cm³/mol. The molecular formula is C20H17BrN4. The summed E-state index contributed by atoms with van der Waals surface area (Å²) in [5, 5.41) is 4.64. The van der Waals surface area contributed by atoms with Crippen LogP contribution in [0.2, 0.25) is 0 Å². The van der Waals surface area contributed by atoms with E-state index in [0.29, 0.717) is 0 Å². The molecule has 0 aliphatic heterocycles. The molecule has 0 spiro atoms. The number of anilines is 1. The molecule has 5 heteroatoms. The van der Waals surface area contributed by atoms with Crippen LogP contribution in [0.4, 0.5) is 5.69 Å². The molecule has 0 atom stereocenters. The number of benzene rings is 2. The number of halogens is 1. The molecule has 4 rings (SSSR count). The van der Waals surface area contributed by atoms with Gasteiger partial charge in [0.15, 0.2) is 0 Å². The van der Waals surface area contributed by atoms with Crippen molar-refractivity contribution in [1.82, 2.24) is 14.5 Å². The van der Waals surface area contributed by atoms with E-state index in [9.17, 15) is 0 Å². The zero-order chi connectivity index (χ0) is 17.1. The minimum Gasteiger partial charge on any atom is -0.380 e. The van der Waals surface area contributed by atoms with Crippen molar-refractivity contribution < 1.29 is 0 Å². The monoisotopic (exact) mass is 392 g/mol. The first-order valence-electron chi connectivity index (χ1n) is 8.10. The Morgan fingerprint density at radius 3 is 2.60 bits per heavy atom. The smallest absolute Gasteiger partial charge is 0.0949 e. The molecule has 0 aliphatic carbocycles. The van der Waals surface area contributed by atoms with Gasteiger partial charge in [-0.3, -0.25) is 4.98 Å². The fourth-order valence-corrected chi connectivity index (χ4v) is 3.31. The average molecular weight is 393 g/mol. The molecule has 0 amide bonds. The van der Waals surface area contributed by atoms with Crippen LogP contribution in [-0.2, 0) is 13.1 Å². The van der Waals surface area contributed by atoms with Crippen molar-refractivity contribution in [2.24, 2.45) is 0 Å². The Morgan fingerprint density at radius 2 is 1.80 bits per heavy atom. The van der Waals surface area contributed by atoms with Gasteiger partial charge in [-0.25, -0.2) is 4.98 Å². The molecule has 2 aromatic heterocycles. The van der Waals surface area contributed by atoms with Crippen molar-refractivity contribution in [2.45, 2.75) is 13.1 Å². The van der Waals surface area contributed by atoms with E-state index < -0.39 is 0 Å². The van der Waals surface area contributed by atoms with E-state index in [0.717, 1.165) is 34.2 Å². The van der Waals surface area contributed by atoms with E-state index >= 15 is 0 Å². The third-order valence-electron chi connectivity index (χ3n) is 4.15. The second-order valence-corrected chi connectivity index (χ2v) is 6.75. The minimum absolute atomic E-state index is 0.775. The van der Waals surface area contributed by atoms with Gasteiger partial charge in [0, 0.05) is 47.2 Å². The first kappa shape index (κ1) is 15.8. The van der Waals surface area contributed by atoms with Gasteiger partial charge >= 0.3 is 0 Å². The average Bonchev–Trinajstić information content (AvgIpc) is 3.15. The van der Waals surface area contributed by atoms with Crippen molar-refractivity contribution in [3.63, 3.8) is 0 Å². The highest BCUT2D eigenvalue weighted by molar-refractivity contribution is 9.10. The summed E-state index contributed by atoms with van der Waals surface area (Å²) in [7, 11) is 0. The van der Waals surface area contributed by atoms with E-state index in [1.165, 1.54) is 11.1 Å². The topological polar surface area (TPSA) is 42.7 Å². The van der Waals surface area contributed by atoms with E-state index in [4.69, 9.17) is 0 Å². The molecule has 0 bridgehead atoms. The standard InChI is InChI=1S/C20H17BrN4/c21-18-3-1-2-17-19(8-9-23-20(17)18)24-12-15-4-6-16(7-5-15)13-25-11-10-22-14-25/h1-11,14H,12-13H2,(H,23,24). The number of aromatic nitrogens is 3. The van der Waals surface area contributed by atoms with E-state index in [1.807, 2.05) is 36.9 Å². The molecule has 25 heavy (non-hydrogen) atoms. The fraction of sp³-hybridized carbons (Fsp3) is 0.100. The summed E-state index contributed by atoms with van der Waals surface area (Å²) in [6.07, 6.45) is 7.45. The number of hydrogen-bond donors (Lipinski definition) is 1. The van der Waals surface area contributed by atoms with Crippen molar-refractivity contribution in [3.8, 4) is 0 Å². The normalized spacial score (nSPS) is 10.9. The van der Waals surface area contributed by atoms with Gasteiger partial charge in [-0.05, 0) is 39.2 Å². The quantitative estimate of drug-likeness (QED) is 0.527. The maximum Gasteiger partial charge on any atom is 0.0949 e. The molecule has 1 N–H and O–H groups in total. The van der Waals surface area contributed by atoms with Gasteiger partial charge in [0.25, 0.3) is 0 Å². The maximum absolute atomic E-state index is 4.45. The van der Waals surface area contributed by atoms with Gasteiger partial charge in [-0.15, -0.1) is 0 Å². The lowest BCUT2D eigenvalue weighted by Gasteiger charge is -2.11. The van der Waals surface area contributed by atoms with Gasteiger partial charge in [-0.2, -0.15) is 0 Å². The Balaban J connectivity index is 1.47. The van der Waals surface area contributed by atoms with Gasteiger partial charge in [0.1, 0.15) is 0 Å². The minimum atomic E-state index is 0.775. The molecule has 2 aromatic carbocycles. The van der Waals surface area contributed by atoms with Crippen LogP contribution in [0.1, 0.15) is 11.1 Å². The van der Waals surface area contributed by atoms with Crippen LogP contribution in [-0.4, -0.2) is 14.5 Å². The SMILES string of the molecule is Brc1cccc2c(NCc3ccc(Cn4ccnc4)cc3)ccnc12. The van der Waals surface area contributed by atoms with Crippen LogP contribution in [0.25, 0.3) is 10.9 Å². The van der Waals surface area contributed by atoms with Gasteiger partial charge in [-0.1, -0.05) is 36.4 Å². The number of hydrogen-bond acceptors (Lipinski definition) is 3. The first-order valence-corrected chi connectivity index (χ1v) is 8.89. The number of pyridine rings is 1. The molecule has 0 saturated carbocycles. The van der Waals surface area contributed by atoms with E-state index in [2.05, 4.69) is 66.1 Å². The van der Waals surface area contributed by atoms with Crippen LogP contribution >= 0.6 is 15.9 Å². The number of fused-ring (bicyclic) bond motifs is 1. The molecule has 0 fully saturated rings. The highest BCUT2D eigenvalue weighted by Crippen LogP contribution is 2.27. The molecule has 2 heterocycles. The molecule has 124 valence electrons. The molecule has 4 nitrogen and oxygen atoms in total. The largest absolute Gasteiger partial charge is 0.380 e. The Bertz CT molecular complexity index is 978. The summed E-state index contributed by atoms with van der Waals surface area (Å²) < 4.78 is 3.08. The maximum atomic E-state index is 4.45. The number of nitrogens with one attached hydrogen (secondary N) is 1. The van der Waals surface area contributed by atoms with Crippen molar-refractivity contribution in [2.75, 3.05) is 5.32 Å². The van der Waals surface area contributed by atoms with E-state index in [-0.39, 0.29) is 0 Å². The second-order valence-electron chi connectivity index (χ2n) is 5.90. The third kappa shape index (κ3) is 3.56. The summed E-state index contributed by atoms with van der Waals surface area (Å²) in [6.45, 7) is 1.62. The summed E-state index contributed by atoms with van der Waals surface area (Å²) in [6, 6.07) is 16.8. The van der Waals surface area contributed by atoms with Crippen LogP contribution in [0.3, 0.4) is 0 Å². The highest BCUT2D eigenvalue weighted by atomic mass is 79.9. The van der Waals surface area contributed by atoms with Crippen molar-refractivity contribution in [1.29, 1.82) is 0 Å². The zero-order valence-electron chi connectivity index (χ0n) is 13.6. The molecule has 0 unspecified atom stereocenters. The summed E-state index contributed by atoms with van der Waals surface area (Å²) in [4.78, 5) is 8.52. The summed E-state index contributed by atoms with van der Waals surface area (Å²) >= 11 is 3.56. The van der Waals surface area contributed by atoms with Crippen LogP contribution in [0.5, 0.6) is 0 Å². The second kappa shape index (κ2) is 7.07. The summed E-state index contributed by atoms with van der Waals surface area (Å²) in [5.41, 5.74) is 4.58. The highest BCUT2D eigenvalue weighted by Gasteiger charge is 2.04.